The van der Waals surface area contributed by atoms with E-state index in [0.717, 1.165) is 16.6 Å². The Morgan fingerprint density at radius 1 is 1.39 bits per heavy atom. The third-order valence-corrected chi connectivity index (χ3v) is 4.27. The smallest absolute Gasteiger partial charge is 0.119 e. The SMILES string of the molecule is CCCC(C)C(Cc1cc(OC)ccc1Br)NC. The summed E-state index contributed by atoms with van der Waals surface area (Å²) in [6.07, 6.45) is 3.52. The number of hydrogen-bond donors (Lipinski definition) is 1. The average Bonchev–Trinajstić information content (AvgIpc) is 2.38. The third kappa shape index (κ3) is 4.29. The molecule has 1 N–H and O–H groups in total. The number of ether oxygens (including phenoxy) is 1. The van der Waals surface area contributed by atoms with Crippen LogP contribution in [0.3, 0.4) is 0 Å². The maximum Gasteiger partial charge on any atom is 0.119 e. The Morgan fingerprint density at radius 2 is 2.11 bits per heavy atom. The summed E-state index contributed by atoms with van der Waals surface area (Å²) >= 11 is 3.62. The van der Waals surface area contributed by atoms with E-state index in [0.29, 0.717) is 12.0 Å². The summed E-state index contributed by atoms with van der Waals surface area (Å²) in [7, 11) is 3.76. The molecule has 2 nitrogen and oxygen atoms in total. The molecule has 3 heteroatoms. The Hall–Kier alpha value is -0.540. The number of benzene rings is 1. The Morgan fingerprint density at radius 3 is 2.67 bits per heavy atom. The van der Waals surface area contributed by atoms with E-state index in [1.54, 1.807) is 7.11 Å². The van der Waals surface area contributed by atoms with E-state index < -0.39 is 0 Å². The van der Waals surface area contributed by atoms with Crippen LogP contribution in [0.1, 0.15) is 32.3 Å². The molecule has 2 unspecified atom stereocenters. The number of halogens is 1. The first kappa shape index (κ1) is 15.5. The van der Waals surface area contributed by atoms with E-state index in [2.05, 4.69) is 47.2 Å². The highest BCUT2D eigenvalue weighted by molar-refractivity contribution is 9.10. The first-order chi connectivity index (χ1) is 8.62. The largest absolute Gasteiger partial charge is 0.497 e. The van der Waals surface area contributed by atoms with Gasteiger partial charge in [0.1, 0.15) is 5.75 Å². The lowest BCUT2D eigenvalue weighted by atomic mass is 9.91. The third-order valence-electron chi connectivity index (χ3n) is 3.49. The van der Waals surface area contributed by atoms with Crippen molar-refractivity contribution in [3.63, 3.8) is 0 Å². The number of rotatable bonds is 7. The van der Waals surface area contributed by atoms with Crippen molar-refractivity contribution in [2.75, 3.05) is 14.2 Å². The predicted octanol–water partition coefficient (Wildman–Crippen LogP) is 4.02. The molecule has 0 aliphatic rings. The van der Waals surface area contributed by atoms with E-state index in [4.69, 9.17) is 4.74 Å². The molecule has 0 saturated carbocycles. The molecule has 0 heterocycles. The highest BCUT2D eigenvalue weighted by atomic mass is 79.9. The lowest BCUT2D eigenvalue weighted by Crippen LogP contribution is -2.34. The van der Waals surface area contributed by atoms with Crippen LogP contribution in [0.25, 0.3) is 0 Å². The summed E-state index contributed by atoms with van der Waals surface area (Å²) in [6, 6.07) is 6.67. The monoisotopic (exact) mass is 313 g/mol. The highest BCUT2D eigenvalue weighted by Gasteiger charge is 2.16. The quantitative estimate of drug-likeness (QED) is 0.820. The lowest BCUT2D eigenvalue weighted by Gasteiger charge is -2.24. The van der Waals surface area contributed by atoms with Crippen molar-refractivity contribution >= 4 is 15.9 Å². The summed E-state index contributed by atoms with van der Waals surface area (Å²) in [6.45, 7) is 4.56. The van der Waals surface area contributed by atoms with Crippen LogP contribution in [0.5, 0.6) is 5.75 Å². The zero-order valence-corrected chi connectivity index (χ0v) is 13.4. The molecule has 2 atom stereocenters. The van der Waals surface area contributed by atoms with Gasteiger partial charge in [-0.15, -0.1) is 0 Å². The van der Waals surface area contributed by atoms with Crippen LogP contribution in [-0.4, -0.2) is 20.2 Å². The fourth-order valence-corrected chi connectivity index (χ4v) is 2.72. The molecule has 0 spiro atoms. The number of hydrogen-bond acceptors (Lipinski definition) is 2. The highest BCUT2D eigenvalue weighted by Crippen LogP contribution is 2.25. The second-order valence-corrected chi connectivity index (χ2v) is 5.68. The van der Waals surface area contributed by atoms with Crippen molar-refractivity contribution in [1.29, 1.82) is 0 Å². The fraction of sp³-hybridized carbons (Fsp3) is 0.600. The standard InChI is InChI=1S/C15H24BrNO/c1-5-6-11(2)15(17-3)10-12-9-13(18-4)7-8-14(12)16/h7-9,11,15,17H,5-6,10H2,1-4H3. The molecule has 0 saturated heterocycles. The van der Waals surface area contributed by atoms with Crippen LogP contribution in [0.15, 0.2) is 22.7 Å². The van der Waals surface area contributed by atoms with Crippen LogP contribution in [0.2, 0.25) is 0 Å². The molecule has 1 aromatic carbocycles. The van der Waals surface area contributed by atoms with Gasteiger partial charge in [0.05, 0.1) is 7.11 Å². The predicted molar refractivity (Wildman–Crippen MR) is 81.3 cm³/mol. The van der Waals surface area contributed by atoms with E-state index in [1.807, 2.05) is 13.1 Å². The van der Waals surface area contributed by atoms with Gasteiger partial charge in [0.25, 0.3) is 0 Å². The van der Waals surface area contributed by atoms with Gasteiger partial charge < -0.3 is 10.1 Å². The van der Waals surface area contributed by atoms with Gasteiger partial charge in [-0.1, -0.05) is 36.2 Å². The average molecular weight is 314 g/mol. The zero-order valence-electron chi connectivity index (χ0n) is 11.8. The molecule has 0 aliphatic heterocycles. The molecule has 0 radical (unpaired) electrons. The molecule has 18 heavy (non-hydrogen) atoms. The number of methoxy groups -OCH3 is 1. The minimum Gasteiger partial charge on any atom is -0.497 e. The fourth-order valence-electron chi connectivity index (χ4n) is 2.32. The molecule has 1 rings (SSSR count). The summed E-state index contributed by atoms with van der Waals surface area (Å²) in [5, 5.41) is 3.44. The second-order valence-electron chi connectivity index (χ2n) is 4.82. The summed E-state index contributed by atoms with van der Waals surface area (Å²) in [5.41, 5.74) is 1.30. The van der Waals surface area contributed by atoms with Gasteiger partial charge in [0.2, 0.25) is 0 Å². The second kappa shape index (κ2) is 7.80. The Balaban J connectivity index is 2.80. The van der Waals surface area contributed by atoms with Gasteiger partial charge in [-0.3, -0.25) is 0 Å². The summed E-state index contributed by atoms with van der Waals surface area (Å²) < 4.78 is 6.45. The normalized spacial score (nSPS) is 14.3. The first-order valence-electron chi connectivity index (χ1n) is 6.62. The molecular weight excluding hydrogens is 290 g/mol. The lowest BCUT2D eigenvalue weighted by molar-refractivity contribution is 0.370. The number of likely N-dealkylation sites (N-methyl/N-ethyl adjacent to an activating group) is 1. The first-order valence-corrected chi connectivity index (χ1v) is 7.41. The van der Waals surface area contributed by atoms with Crippen LogP contribution in [-0.2, 0) is 6.42 Å². The molecule has 0 amide bonds. The minimum atomic E-state index is 0.508. The topological polar surface area (TPSA) is 21.3 Å². The molecule has 0 aromatic heterocycles. The number of nitrogens with one attached hydrogen (secondary N) is 1. The Bertz CT molecular complexity index is 368. The van der Waals surface area contributed by atoms with Gasteiger partial charge in [0, 0.05) is 10.5 Å². The van der Waals surface area contributed by atoms with E-state index >= 15 is 0 Å². The van der Waals surface area contributed by atoms with Crippen LogP contribution >= 0.6 is 15.9 Å². The van der Waals surface area contributed by atoms with Crippen molar-refractivity contribution in [3.8, 4) is 5.75 Å². The Kier molecular flexibility index (Phi) is 6.72. The Labute approximate surface area is 119 Å². The van der Waals surface area contributed by atoms with Gasteiger partial charge in [0.15, 0.2) is 0 Å². The van der Waals surface area contributed by atoms with Crippen LogP contribution < -0.4 is 10.1 Å². The summed E-state index contributed by atoms with van der Waals surface area (Å²) in [5.74, 6) is 1.60. The molecular formula is C15H24BrNO. The molecule has 0 bridgehead atoms. The van der Waals surface area contributed by atoms with Gasteiger partial charge in [-0.25, -0.2) is 0 Å². The molecule has 0 fully saturated rings. The van der Waals surface area contributed by atoms with Gasteiger partial charge >= 0.3 is 0 Å². The van der Waals surface area contributed by atoms with Crippen LogP contribution in [0.4, 0.5) is 0 Å². The molecule has 1 aromatic rings. The van der Waals surface area contributed by atoms with Crippen molar-refractivity contribution in [3.05, 3.63) is 28.2 Å². The molecule has 0 aliphatic carbocycles. The molecule has 102 valence electrons. The van der Waals surface area contributed by atoms with Crippen molar-refractivity contribution in [2.24, 2.45) is 5.92 Å². The van der Waals surface area contributed by atoms with Crippen molar-refractivity contribution in [2.45, 2.75) is 39.2 Å². The zero-order chi connectivity index (χ0) is 13.5. The van der Waals surface area contributed by atoms with Crippen molar-refractivity contribution in [1.82, 2.24) is 5.32 Å². The van der Waals surface area contributed by atoms with E-state index in [-0.39, 0.29) is 0 Å². The minimum absolute atomic E-state index is 0.508. The van der Waals surface area contributed by atoms with E-state index in [1.165, 1.54) is 18.4 Å². The maximum atomic E-state index is 5.29. The van der Waals surface area contributed by atoms with E-state index in [9.17, 15) is 0 Å². The van der Waals surface area contributed by atoms with Crippen LogP contribution in [0, 0.1) is 5.92 Å². The summed E-state index contributed by atoms with van der Waals surface area (Å²) in [4.78, 5) is 0. The maximum absolute atomic E-state index is 5.29. The van der Waals surface area contributed by atoms with Gasteiger partial charge in [-0.2, -0.15) is 0 Å². The van der Waals surface area contributed by atoms with Crippen molar-refractivity contribution < 1.29 is 4.74 Å². The van der Waals surface area contributed by atoms with Gasteiger partial charge in [-0.05, 0) is 49.6 Å².